The van der Waals surface area contributed by atoms with Crippen LogP contribution in [0.1, 0.15) is 62.8 Å². The minimum Gasteiger partial charge on any atom is -0.285 e. The van der Waals surface area contributed by atoms with Crippen LogP contribution in [0, 0.1) is 0 Å². The molecule has 0 N–H and O–H groups in total. The third-order valence-electron chi connectivity index (χ3n) is 4.02. The normalized spacial score (nSPS) is 14.7. The molecule has 0 aliphatic carbocycles. The van der Waals surface area contributed by atoms with Crippen LogP contribution in [0.3, 0.4) is 0 Å². The van der Waals surface area contributed by atoms with E-state index in [-0.39, 0.29) is 16.8 Å². The fourth-order valence-electron chi connectivity index (χ4n) is 2.28. The van der Waals surface area contributed by atoms with Crippen molar-refractivity contribution < 1.29 is 0 Å². The van der Waals surface area contributed by atoms with Crippen LogP contribution in [-0.4, -0.2) is 0 Å². The summed E-state index contributed by atoms with van der Waals surface area (Å²) in [7, 11) is 0. The fourth-order valence-corrected chi connectivity index (χ4v) is 3.48. The minimum atomic E-state index is -0.298. The van der Waals surface area contributed by atoms with Gasteiger partial charge in [-0.3, -0.25) is 9.59 Å². The predicted molar refractivity (Wildman–Crippen MR) is 82.1 cm³/mol. The lowest BCUT2D eigenvalue weighted by molar-refractivity contribution is 0.722. The van der Waals surface area contributed by atoms with Gasteiger partial charge >= 0.3 is 0 Å². The zero-order valence-corrected chi connectivity index (χ0v) is 12.8. The van der Waals surface area contributed by atoms with E-state index in [0.29, 0.717) is 11.5 Å². The van der Waals surface area contributed by atoms with Gasteiger partial charge in [-0.25, -0.2) is 0 Å². The second-order valence-electron chi connectivity index (χ2n) is 5.27. The SMILES string of the molecule is CCC(C)c1ccc(-c2c(C(C)CC)c(=O)c2=O)s1. The molecule has 2 aromatic rings. The number of hydrogen-bond donors (Lipinski definition) is 0. The van der Waals surface area contributed by atoms with E-state index < -0.39 is 0 Å². The molecule has 2 atom stereocenters. The summed E-state index contributed by atoms with van der Waals surface area (Å²) in [6, 6.07) is 4.08. The van der Waals surface area contributed by atoms with E-state index in [9.17, 15) is 9.59 Å². The van der Waals surface area contributed by atoms with Crippen LogP contribution in [0.5, 0.6) is 0 Å². The van der Waals surface area contributed by atoms with Crippen LogP contribution in [0.4, 0.5) is 0 Å². The number of hydrogen-bond acceptors (Lipinski definition) is 3. The molecule has 0 amide bonds. The average Bonchev–Trinajstić information content (AvgIpc) is 2.90. The Balaban J connectivity index is 2.43. The summed E-state index contributed by atoms with van der Waals surface area (Å²) in [4.78, 5) is 25.8. The first-order valence-corrected chi connectivity index (χ1v) is 7.76. The molecule has 0 saturated carbocycles. The van der Waals surface area contributed by atoms with E-state index in [0.717, 1.165) is 23.3 Å². The molecule has 2 nitrogen and oxygen atoms in total. The van der Waals surface area contributed by atoms with Crippen molar-refractivity contribution in [3.8, 4) is 10.4 Å². The zero-order chi connectivity index (χ0) is 14.2. The zero-order valence-electron chi connectivity index (χ0n) is 11.9. The molecule has 3 heteroatoms. The molecule has 1 aromatic carbocycles. The van der Waals surface area contributed by atoms with Crippen LogP contribution in [0.2, 0.25) is 0 Å². The monoisotopic (exact) mass is 276 g/mol. The van der Waals surface area contributed by atoms with Crippen molar-refractivity contribution in [2.45, 2.75) is 52.4 Å². The van der Waals surface area contributed by atoms with Gasteiger partial charge in [0, 0.05) is 15.3 Å². The molecule has 0 aliphatic rings. The van der Waals surface area contributed by atoms with E-state index in [1.807, 2.05) is 19.9 Å². The molecule has 0 saturated heterocycles. The molecular weight excluding hydrogens is 256 g/mol. The van der Waals surface area contributed by atoms with Crippen molar-refractivity contribution >= 4 is 11.3 Å². The molecule has 0 spiro atoms. The van der Waals surface area contributed by atoms with Gasteiger partial charge in [0.05, 0.1) is 5.56 Å². The molecule has 0 aliphatic heterocycles. The van der Waals surface area contributed by atoms with E-state index in [4.69, 9.17) is 0 Å². The fraction of sp³-hybridized carbons (Fsp3) is 0.500. The van der Waals surface area contributed by atoms with E-state index in [2.05, 4.69) is 19.9 Å². The molecule has 0 fully saturated rings. The Morgan fingerprint density at radius 1 is 1.00 bits per heavy atom. The average molecular weight is 276 g/mol. The second-order valence-corrected chi connectivity index (χ2v) is 6.38. The van der Waals surface area contributed by atoms with Crippen molar-refractivity contribution in [3.63, 3.8) is 0 Å². The molecule has 0 radical (unpaired) electrons. The summed E-state index contributed by atoms with van der Waals surface area (Å²) in [5, 5.41) is 0. The number of rotatable bonds is 5. The first-order valence-electron chi connectivity index (χ1n) is 6.94. The highest BCUT2D eigenvalue weighted by atomic mass is 32.1. The maximum atomic E-state index is 11.8. The predicted octanol–water partition coefficient (Wildman–Crippen LogP) is 4.04. The first-order chi connectivity index (χ1) is 9.01. The maximum absolute atomic E-state index is 11.8. The lowest BCUT2D eigenvalue weighted by atomic mass is 9.88. The second kappa shape index (κ2) is 5.41. The Hall–Kier alpha value is -1.22. The summed E-state index contributed by atoms with van der Waals surface area (Å²) >= 11 is 1.66. The summed E-state index contributed by atoms with van der Waals surface area (Å²) < 4.78 is 0. The van der Waals surface area contributed by atoms with Gasteiger partial charge in [-0.1, -0.05) is 27.7 Å². The summed E-state index contributed by atoms with van der Waals surface area (Å²) in [6.45, 7) is 8.41. The highest BCUT2D eigenvalue weighted by molar-refractivity contribution is 7.15. The van der Waals surface area contributed by atoms with E-state index in [1.54, 1.807) is 11.3 Å². The highest BCUT2D eigenvalue weighted by Gasteiger charge is 2.26. The summed E-state index contributed by atoms with van der Waals surface area (Å²) in [5.41, 5.74) is 0.847. The summed E-state index contributed by atoms with van der Waals surface area (Å²) in [5.74, 6) is 0.687. The summed E-state index contributed by atoms with van der Waals surface area (Å²) in [6.07, 6.45) is 1.98. The van der Waals surface area contributed by atoms with Crippen molar-refractivity contribution in [2.24, 2.45) is 0 Å². The molecule has 2 rings (SSSR count). The molecule has 102 valence electrons. The van der Waals surface area contributed by atoms with Gasteiger partial charge in [0.25, 0.3) is 0 Å². The molecule has 1 heterocycles. The van der Waals surface area contributed by atoms with Gasteiger partial charge in [0.15, 0.2) is 0 Å². The molecule has 1 aromatic heterocycles. The minimum absolute atomic E-state index is 0.175. The lowest BCUT2D eigenvalue weighted by Crippen LogP contribution is -2.38. The first kappa shape index (κ1) is 14.2. The standard InChI is InChI=1S/C16H20O2S/c1-5-9(3)11-7-8-12(19-11)14-13(10(4)6-2)15(17)16(14)18/h7-10H,5-6H2,1-4H3. The van der Waals surface area contributed by atoms with Gasteiger partial charge in [0.1, 0.15) is 0 Å². The maximum Gasteiger partial charge on any atom is 0.235 e. The van der Waals surface area contributed by atoms with Gasteiger partial charge in [-0.2, -0.15) is 0 Å². The van der Waals surface area contributed by atoms with E-state index >= 15 is 0 Å². The van der Waals surface area contributed by atoms with E-state index in [1.165, 1.54) is 4.88 Å². The smallest absolute Gasteiger partial charge is 0.235 e. The Morgan fingerprint density at radius 3 is 2.21 bits per heavy atom. The van der Waals surface area contributed by atoms with Gasteiger partial charge in [0.2, 0.25) is 10.9 Å². The third kappa shape index (κ3) is 2.32. The van der Waals surface area contributed by atoms with Crippen molar-refractivity contribution in [1.29, 1.82) is 0 Å². The molecule has 0 bridgehead atoms. The van der Waals surface area contributed by atoms with Crippen LogP contribution in [0.25, 0.3) is 10.4 Å². The quantitative estimate of drug-likeness (QED) is 0.772. The van der Waals surface area contributed by atoms with Crippen LogP contribution in [0.15, 0.2) is 21.7 Å². The van der Waals surface area contributed by atoms with Crippen molar-refractivity contribution in [3.05, 3.63) is 43.0 Å². The number of thiophene rings is 1. The molecule has 19 heavy (non-hydrogen) atoms. The van der Waals surface area contributed by atoms with Crippen LogP contribution >= 0.6 is 11.3 Å². The Labute approximate surface area is 117 Å². The van der Waals surface area contributed by atoms with Crippen LogP contribution < -0.4 is 10.9 Å². The van der Waals surface area contributed by atoms with Gasteiger partial charge in [-0.15, -0.1) is 11.3 Å². The Bertz CT molecular complexity index is 644. The Kier molecular flexibility index (Phi) is 4.04. The highest BCUT2D eigenvalue weighted by Crippen LogP contribution is 2.35. The lowest BCUT2D eigenvalue weighted by Gasteiger charge is -2.14. The van der Waals surface area contributed by atoms with Crippen LogP contribution in [-0.2, 0) is 0 Å². The largest absolute Gasteiger partial charge is 0.285 e. The topological polar surface area (TPSA) is 34.1 Å². The Morgan fingerprint density at radius 2 is 1.63 bits per heavy atom. The molecular formula is C16H20O2S. The van der Waals surface area contributed by atoms with Crippen molar-refractivity contribution in [1.82, 2.24) is 0 Å². The van der Waals surface area contributed by atoms with Gasteiger partial charge in [-0.05, 0) is 36.8 Å². The van der Waals surface area contributed by atoms with Crippen molar-refractivity contribution in [2.75, 3.05) is 0 Å². The third-order valence-corrected chi connectivity index (χ3v) is 5.36. The molecule has 2 unspecified atom stereocenters. The van der Waals surface area contributed by atoms with Gasteiger partial charge < -0.3 is 0 Å².